The fourth-order valence-electron chi connectivity index (χ4n) is 3.97. The molecule has 0 saturated heterocycles. The summed E-state index contributed by atoms with van der Waals surface area (Å²) in [5.41, 5.74) is 7.81. The van der Waals surface area contributed by atoms with Crippen molar-refractivity contribution in [3.63, 3.8) is 0 Å². The number of rotatable bonds is 3. The normalized spacial score (nSPS) is 13.5. The number of nitrogens with zero attached hydrogens (tertiary/aromatic N) is 1. The Morgan fingerprint density at radius 3 is 2.48 bits per heavy atom. The van der Waals surface area contributed by atoms with Gasteiger partial charge in [-0.3, -0.25) is 9.59 Å². The molecule has 1 aliphatic rings. The second kappa shape index (κ2) is 6.99. The number of carbonyl (C=O) groups is 1. The van der Waals surface area contributed by atoms with E-state index in [1.165, 1.54) is 16.7 Å². The summed E-state index contributed by atoms with van der Waals surface area (Å²) < 4.78 is 1.64. The molecule has 4 rings (SSSR count). The highest BCUT2D eigenvalue weighted by Crippen LogP contribution is 2.32. The number of hydrogen-bond acceptors (Lipinski definition) is 2. The Morgan fingerprint density at radius 1 is 0.963 bits per heavy atom. The van der Waals surface area contributed by atoms with Crippen molar-refractivity contribution >= 4 is 5.78 Å². The number of benzene rings is 2. The molecular weight excluding hydrogens is 334 g/mol. The highest BCUT2D eigenvalue weighted by atomic mass is 16.1. The fraction of sp³-hybridized carbons (Fsp3) is 0.250. The number of Topliss-reactive ketones (excluding diaryl/α,β-unsaturated/α-hetero) is 1. The van der Waals surface area contributed by atoms with Crippen LogP contribution in [-0.4, -0.2) is 10.4 Å². The third-order valence-electron chi connectivity index (χ3n) is 5.40. The second-order valence-electron chi connectivity index (χ2n) is 7.48. The van der Waals surface area contributed by atoms with Gasteiger partial charge in [0.05, 0.1) is 0 Å². The summed E-state index contributed by atoms with van der Waals surface area (Å²) in [5.74, 6) is 0.306. The van der Waals surface area contributed by atoms with E-state index in [1.54, 1.807) is 11.6 Å². The first-order chi connectivity index (χ1) is 13.0. The molecule has 3 nitrogen and oxygen atoms in total. The molecule has 1 aliphatic carbocycles. The number of hydrogen-bond donors (Lipinski definition) is 0. The molecule has 0 bridgehead atoms. The molecule has 0 unspecified atom stereocenters. The van der Waals surface area contributed by atoms with E-state index in [-0.39, 0.29) is 5.56 Å². The van der Waals surface area contributed by atoms with Crippen LogP contribution in [0.2, 0.25) is 0 Å². The quantitative estimate of drug-likeness (QED) is 0.710. The van der Waals surface area contributed by atoms with Crippen LogP contribution >= 0.6 is 0 Å². The van der Waals surface area contributed by atoms with Gasteiger partial charge in [0.2, 0.25) is 0 Å². The predicted octanol–water partition coefficient (Wildman–Crippen LogP) is 4.01. The Labute approximate surface area is 159 Å². The number of ketones is 1. The number of fused-ring (bicyclic) bond motifs is 1. The van der Waals surface area contributed by atoms with Gasteiger partial charge in [-0.15, -0.1) is 0 Å². The van der Waals surface area contributed by atoms with Crippen molar-refractivity contribution in [1.29, 1.82) is 0 Å². The fourth-order valence-corrected chi connectivity index (χ4v) is 3.97. The highest BCUT2D eigenvalue weighted by molar-refractivity contribution is 5.84. The lowest BCUT2D eigenvalue weighted by molar-refractivity contribution is -0.118. The van der Waals surface area contributed by atoms with Crippen molar-refractivity contribution < 1.29 is 4.79 Å². The minimum atomic E-state index is 0.0245. The minimum absolute atomic E-state index is 0.0245. The number of pyridine rings is 1. The first-order valence-electron chi connectivity index (χ1n) is 9.39. The van der Waals surface area contributed by atoms with Crippen LogP contribution in [0.4, 0.5) is 0 Å². The average Bonchev–Trinajstić information content (AvgIpc) is 2.66. The van der Waals surface area contributed by atoms with E-state index < -0.39 is 0 Å². The van der Waals surface area contributed by atoms with Crippen LogP contribution in [0.5, 0.6) is 0 Å². The molecule has 3 heteroatoms. The van der Waals surface area contributed by atoms with E-state index in [4.69, 9.17) is 0 Å². The van der Waals surface area contributed by atoms with E-state index in [1.807, 2.05) is 25.3 Å². The molecule has 0 aliphatic heterocycles. The van der Waals surface area contributed by atoms with Crippen molar-refractivity contribution in [3.8, 4) is 11.1 Å². The number of aromatic nitrogens is 1. The minimum Gasteiger partial charge on any atom is -0.318 e. The van der Waals surface area contributed by atoms with Crippen LogP contribution in [0, 0.1) is 6.92 Å². The zero-order valence-corrected chi connectivity index (χ0v) is 15.8. The van der Waals surface area contributed by atoms with Gasteiger partial charge in [0, 0.05) is 31.6 Å². The summed E-state index contributed by atoms with van der Waals surface area (Å²) in [6.45, 7) is 1.85. The number of aryl methyl sites for hydroxylation is 3. The first kappa shape index (κ1) is 17.5. The summed E-state index contributed by atoms with van der Waals surface area (Å²) in [7, 11) is 1.79. The molecule has 136 valence electrons. The van der Waals surface area contributed by atoms with Crippen LogP contribution in [0.25, 0.3) is 11.1 Å². The van der Waals surface area contributed by atoms with Crippen LogP contribution in [0.15, 0.2) is 59.5 Å². The third-order valence-corrected chi connectivity index (χ3v) is 5.40. The molecule has 0 spiro atoms. The molecule has 3 aromatic rings. The Hall–Kier alpha value is -2.94. The smallest absolute Gasteiger partial charge is 0.253 e. The summed E-state index contributed by atoms with van der Waals surface area (Å²) in [5, 5.41) is 0. The van der Waals surface area contributed by atoms with Crippen molar-refractivity contribution in [2.24, 2.45) is 7.05 Å². The maximum Gasteiger partial charge on any atom is 0.253 e. The van der Waals surface area contributed by atoms with Crippen molar-refractivity contribution in [1.82, 2.24) is 4.57 Å². The molecule has 0 N–H and O–H groups in total. The van der Waals surface area contributed by atoms with E-state index in [2.05, 4.69) is 36.4 Å². The topological polar surface area (TPSA) is 39.1 Å². The molecule has 0 amide bonds. The standard InChI is InChI=1S/C24H23NO2/c1-16-10-21(15-25(2)24(16)27)23-14-19-13-22(26)9-8-18(19)12-20(23)11-17-6-4-3-5-7-17/h3-7,10,12,14-15H,8-9,11,13H2,1-2H3. The number of carbonyl (C=O) groups excluding carboxylic acids is 1. The Kier molecular flexibility index (Phi) is 4.53. The molecule has 1 aromatic heterocycles. The molecule has 1 heterocycles. The molecule has 2 aromatic carbocycles. The highest BCUT2D eigenvalue weighted by Gasteiger charge is 2.19. The summed E-state index contributed by atoms with van der Waals surface area (Å²) in [6.07, 6.45) is 4.70. The zero-order valence-electron chi connectivity index (χ0n) is 15.8. The molecule has 0 radical (unpaired) electrons. The van der Waals surface area contributed by atoms with Gasteiger partial charge in [-0.1, -0.05) is 42.5 Å². The van der Waals surface area contributed by atoms with E-state index in [9.17, 15) is 9.59 Å². The first-order valence-corrected chi connectivity index (χ1v) is 9.39. The van der Waals surface area contributed by atoms with Crippen LogP contribution in [-0.2, 0) is 31.1 Å². The third kappa shape index (κ3) is 3.50. The van der Waals surface area contributed by atoms with Gasteiger partial charge in [-0.2, -0.15) is 0 Å². The Morgan fingerprint density at radius 2 is 1.74 bits per heavy atom. The van der Waals surface area contributed by atoms with Crippen molar-refractivity contribution in [2.45, 2.75) is 32.6 Å². The maximum atomic E-state index is 12.1. The summed E-state index contributed by atoms with van der Waals surface area (Å²) in [6, 6.07) is 16.8. The van der Waals surface area contributed by atoms with Crippen LogP contribution in [0.3, 0.4) is 0 Å². The Bertz CT molecular complexity index is 1050. The van der Waals surface area contributed by atoms with Crippen LogP contribution < -0.4 is 5.56 Å². The lowest BCUT2D eigenvalue weighted by Crippen LogP contribution is -2.19. The average molecular weight is 357 g/mol. The predicted molar refractivity (Wildman–Crippen MR) is 108 cm³/mol. The molecule has 0 atom stereocenters. The second-order valence-corrected chi connectivity index (χ2v) is 7.48. The SMILES string of the molecule is Cc1cc(-c2cc3c(cc2Cc2ccccc2)CCC(=O)C3)cn(C)c1=O. The van der Waals surface area contributed by atoms with Gasteiger partial charge in [-0.25, -0.2) is 0 Å². The van der Waals surface area contributed by atoms with Crippen LogP contribution in [0.1, 0.15) is 34.2 Å². The van der Waals surface area contributed by atoms with Gasteiger partial charge in [0.1, 0.15) is 5.78 Å². The molecule has 27 heavy (non-hydrogen) atoms. The lowest BCUT2D eigenvalue weighted by atomic mass is 9.84. The van der Waals surface area contributed by atoms with Gasteiger partial charge in [-0.05, 0) is 59.2 Å². The van der Waals surface area contributed by atoms with Crippen molar-refractivity contribution in [3.05, 3.63) is 92.9 Å². The monoisotopic (exact) mass is 357 g/mol. The van der Waals surface area contributed by atoms with E-state index >= 15 is 0 Å². The lowest BCUT2D eigenvalue weighted by Gasteiger charge is -2.20. The maximum absolute atomic E-state index is 12.1. The van der Waals surface area contributed by atoms with Gasteiger partial charge in [0.15, 0.2) is 0 Å². The van der Waals surface area contributed by atoms with Gasteiger partial charge >= 0.3 is 0 Å². The van der Waals surface area contributed by atoms with E-state index in [0.717, 1.165) is 35.1 Å². The summed E-state index contributed by atoms with van der Waals surface area (Å²) >= 11 is 0. The van der Waals surface area contributed by atoms with Gasteiger partial charge < -0.3 is 4.57 Å². The largest absolute Gasteiger partial charge is 0.318 e. The molecule has 0 saturated carbocycles. The van der Waals surface area contributed by atoms with Gasteiger partial charge in [0.25, 0.3) is 5.56 Å². The Balaban J connectivity index is 1.88. The zero-order chi connectivity index (χ0) is 19.0. The molecular formula is C24H23NO2. The van der Waals surface area contributed by atoms with E-state index in [0.29, 0.717) is 18.6 Å². The van der Waals surface area contributed by atoms with Crippen molar-refractivity contribution in [2.75, 3.05) is 0 Å². The molecule has 0 fully saturated rings. The summed E-state index contributed by atoms with van der Waals surface area (Å²) in [4.78, 5) is 24.1.